The van der Waals surface area contributed by atoms with E-state index in [9.17, 15) is 39.6 Å². The first-order valence-electron chi connectivity index (χ1n) is 4.54. The number of hydrogen-bond donors (Lipinski definition) is 1. The van der Waals surface area contributed by atoms with Crippen molar-refractivity contribution in [3.8, 4) is 0 Å². The molecule has 1 rings (SSSR count). The van der Waals surface area contributed by atoms with Crippen molar-refractivity contribution in [1.29, 1.82) is 0 Å². The highest BCUT2D eigenvalue weighted by Crippen LogP contribution is 2.35. The average Bonchev–Trinajstić information content (AvgIpc) is 2.25. The maximum absolute atomic E-state index is 12.4. The molecule has 0 saturated heterocycles. The summed E-state index contributed by atoms with van der Waals surface area (Å²) < 4.78 is 96.1. The molecular weight excluding hydrogens is 318 g/mol. The zero-order chi connectivity index (χ0) is 15.9. The molecule has 0 amide bonds. The van der Waals surface area contributed by atoms with Gasteiger partial charge in [0.25, 0.3) is 9.84 Å². The van der Waals surface area contributed by atoms with Crippen molar-refractivity contribution in [3.05, 3.63) is 29.3 Å². The van der Waals surface area contributed by atoms with Gasteiger partial charge in [0.1, 0.15) is 0 Å². The Labute approximate surface area is 107 Å². The van der Waals surface area contributed by atoms with E-state index in [4.69, 9.17) is 5.11 Å². The van der Waals surface area contributed by atoms with Crippen LogP contribution in [0.4, 0.5) is 26.3 Å². The first-order chi connectivity index (χ1) is 8.76. The molecule has 11 heteroatoms. The Morgan fingerprint density at radius 2 is 1.50 bits per heavy atom. The molecule has 0 atom stereocenters. The van der Waals surface area contributed by atoms with Crippen molar-refractivity contribution in [3.63, 3.8) is 0 Å². The van der Waals surface area contributed by atoms with Crippen LogP contribution in [0.2, 0.25) is 0 Å². The van der Waals surface area contributed by atoms with Gasteiger partial charge in [0.15, 0.2) is 0 Å². The van der Waals surface area contributed by atoms with E-state index in [1.807, 2.05) is 0 Å². The van der Waals surface area contributed by atoms with Gasteiger partial charge in [-0.3, -0.25) is 0 Å². The summed E-state index contributed by atoms with van der Waals surface area (Å²) in [7, 11) is -6.08. The molecular formula is C9H4F6O4S. The van der Waals surface area contributed by atoms with Crippen LogP contribution in [-0.4, -0.2) is 25.0 Å². The quantitative estimate of drug-likeness (QED) is 0.850. The predicted molar refractivity (Wildman–Crippen MR) is 51.6 cm³/mol. The molecule has 1 aromatic carbocycles. The highest BCUT2D eigenvalue weighted by atomic mass is 32.2. The van der Waals surface area contributed by atoms with Gasteiger partial charge in [0.2, 0.25) is 0 Å². The lowest BCUT2D eigenvalue weighted by atomic mass is 10.1. The summed E-state index contributed by atoms with van der Waals surface area (Å²) in [6.07, 6.45) is -5.19. The van der Waals surface area contributed by atoms with E-state index in [2.05, 4.69) is 0 Å². The minimum atomic E-state index is -6.08. The summed E-state index contributed by atoms with van der Waals surface area (Å²) in [5.74, 6) is -1.99. The molecule has 0 bridgehead atoms. The zero-order valence-corrected chi connectivity index (χ0v) is 9.90. The topological polar surface area (TPSA) is 71.4 Å². The summed E-state index contributed by atoms with van der Waals surface area (Å²) in [5.41, 5.74) is -8.87. The Hall–Kier alpha value is -1.78. The summed E-state index contributed by atoms with van der Waals surface area (Å²) in [6.45, 7) is 0. The Bertz CT molecular complexity index is 643. The lowest BCUT2D eigenvalue weighted by Gasteiger charge is -2.12. The highest BCUT2D eigenvalue weighted by molar-refractivity contribution is 7.92. The monoisotopic (exact) mass is 322 g/mol. The lowest BCUT2D eigenvalue weighted by Crippen LogP contribution is -2.24. The number of carboxylic acid groups (broad SMARTS) is 1. The molecule has 0 radical (unpaired) electrons. The smallest absolute Gasteiger partial charge is 0.478 e. The third kappa shape index (κ3) is 3.03. The number of hydrogen-bond acceptors (Lipinski definition) is 3. The SMILES string of the molecule is O=C(O)c1cc(C(F)(F)F)cc(S(=O)(=O)C(F)(F)F)c1. The molecule has 0 heterocycles. The van der Waals surface area contributed by atoms with Crippen molar-refractivity contribution in [2.75, 3.05) is 0 Å². The first kappa shape index (κ1) is 16.3. The molecule has 20 heavy (non-hydrogen) atoms. The molecule has 0 aliphatic carbocycles. The normalized spacial score (nSPS) is 13.3. The number of aromatic carboxylic acids is 1. The second-order valence-corrected chi connectivity index (χ2v) is 5.44. The molecule has 112 valence electrons. The first-order valence-corrected chi connectivity index (χ1v) is 6.02. The Kier molecular flexibility index (Phi) is 3.78. The molecule has 1 aromatic rings. The molecule has 0 fully saturated rings. The summed E-state index contributed by atoms with van der Waals surface area (Å²) in [5, 5.41) is 8.52. The van der Waals surface area contributed by atoms with Crippen LogP contribution in [-0.2, 0) is 16.0 Å². The van der Waals surface area contributed by atoms with Crippen molar-refractivity contribution in [2.24, 2.45) is 0 Å². The van der Waals surface area contributed by atoms with E-state index in [1.54, 1.807) is 0 Å². The molecule has 0 saturated carbocycles. The fourth-order valence-corrected chi connectivity index (χ4v) is 2.01. The summed E-state index contributed by atoms with van der Waals surface area (Å²) in [6, 6.07) is -0.215. The second kappa shape index (κ2) is 4.65. The van der Waals surface area contributed by atoms with Gasteiger partial charge >= 0.3 is 17.7 Å². The van der Waals surface area contributed by atoms with Gasteiger partial charge in [-0.1, -0.05) is 0 Å². The van der Waals surface area contributed by atoms with Crippen molar-refractivity contribution < 1.29 is 44.7 Å². The number of carbonyl (C=O) groups is 1. The third-order valence-corrected chi connectivity index (χ3v) is 3.56. The van der Waals surface area contributed by atoms with Crippen molar-refractivity contribution >= 4 is 15.8 Å². The van der Waals surface area contributed by atoms with Crippen LogP contribution in [0.3, 0.4) is 0 Å². The van der Waals surface area contributed by atoms with Crippen LogP contribution < -0.4 is 0 Å². The largest absolute Gasteiger partial charge is 0.501 e. The lowest BCUT2D eigenvalue weighted by molar-refractivity contribution is -0.137. The number of halogens is 6. The van der Waals surface area contributed by atoms with Crippen LogP contribution in [0.1, 0.15) is 15.9 Å². The van der Waals surface area contributed by atoms with Gasteiger partial charge in [0.05, 0.1) is 16.0 Å². The third-order valence-electron chi connectivity index (χ3n) is 2.10. The number of sulfone groups is 1. The number of alkyl halides is 6. The van der Waals surface area contributed by atoms with Gasteiger partial charge in [-0.2, -0.15) is 26.3 Å². The zero-order valence-electron chi connectivity index (χ0n) is 9.08. The van der Waals surface area contributed by atoms with Crippen LogP contribution in [0, 0.1) is 0 Å². The molecule has 0 aromatic heterocycles. The number of rotatable bonds is 2. The maximum Gasteiger partial charge on any atom is 0.501 e. The minimum Gasteiger partial charge on any atom is -0.478 e. The van der Waals surface area contributed by atoms with Crippen molar-refractivity contribution in [2.45, 2.75) is 16.6 Å². The maximum atomic E-state index is 12.4. The van der Waals surface area contributed by atoms with E-state index < -0.39 is 43.5 Å². The highest BCUT2D eigenvalue weighted by Gasteiger charge is 2.48. The Balaban J connectivity index is 3.66. The summed E-state index contributed by atoms with van der Waals surface area (Å²) in [4.78, 5) is 8.79. The second-order valence-electron chi connectivity index (χ2n) is 3.50. The van der Waals surface area contributed by atoms with Gasteiger partial charge in [-0.25, -0.2) is 13.2 Å². The average molecular weight is 322 g/mol. The Morgan fingerprint density at radius 1 is 1.00 bits per heavy atom. The molecule has 0 unspecified atom stereocenters. The van der Waals surface area contributed by atoms with Crippen LogP contribution in [0.25, 0.3) is 0 Å². The Morgan fingerprint density at radius 3 is 1.85 bits per heavy atom. The van der Waals surface area contributed by atoms with Gasteiger partial charge in [0, 0.05) is 0 Å². The molecule has 0 aliphatic rings. The van der Waals surface area contributed by atoms with E-state index >= 15 is 0 Å². The fourth-order valence-electron chi connectivity index (χ4n) is 1.17. The van der Waals surface area contributed by atoms with Gasteiger partial charge < -0.3 is 5.11 Å². The number of carboxylic acids is 1. The molecule has 1 N–H and O–H groups in total. The van der Waals surface area contributed by atoms with E-state index in [0.29, 0.717) is 0 Å². The minimum absolute atomic E-state index is 0.0143. The molecule has 0 spiro atoms. The fraction of sp³-hybridized carbons (Fsp3) is 0.222. The predicted octanol–water partition coefficient (Wildman–Crippen LogP) is 2.70. The summed E-state index contributed by atoms with van der Waals surface area (Å²) >= 11 is 0. The van der Waals surface area contributed by atoms with E-state index in [0.717, 1.165) is 0 Å². The number of benzene rings is 1. The van der Waals surface area contributed by atoms with Crippen molar-refractivity contribution in [1.82, 2.24) is 0 Å². The van der Waals surface area contributed by atoms with Crippen LogP contribution >= 0.6 is 0 Å². The molecule has 4 nitrogen and oxygen atoms in total. The van der Waals surface area contributed by atoms with Gasteiger partial charge in [-0.15, -0.1) is 0 Å². The van der Waals surface area contributed by atoms with Gasteiger partial charge in [-0.05, 0) is 18.2 Å². The van der Waals surface area contributed by atoms with E-state index in [1.165, 1.54) is 0 Å². The van der Waals surface area contributed by atoms with E-state index in [-0.39, 0.29) is 18.2 Å². The molecule has 0 aliphatic heterocycles. The standard InChI is InChI=1S/C9H4F6O4S/c10-8(11,12)5-1-4(7(16)17)2-6(3-5)20(18,19)9(13,14)15/h1-3H,(H,16,17). The van der Waals surface area contributed by atoms with Crippen LogP contribution in [0.15, 0.2) is 23.1 Å². The van der Waals surface area contributed by atoms with Crippen LogP contribution in [0.5, 0.6) is 0 Å².